The van der Waals surface area contributed by atoms with Gasteiger partial charge in [0.1, 0.15) is 34.6 Å². The zero-order valence-corrected chi connectivity index (χ0v) is 29.4. The van der Waals surface area contributed by atoms with Gasteiger partial charge in [-0.3, -0.25) is 14.5 Å². The van der Waals surface area contributed by atoms with Crippen molar-refractivity contribution in [2.75, 3.05) is 19.6 Å². The van der Waals surface area contributed by atoms with Crippen LogP contribution in [0.3, 0.4) is 0 Å². The highest BCUT2D eigenvalue weighted by Crippen LogP contribution is 2.45. The van der Waals surface area contributed by atoms with E-state index in [4.69, 9.17) is 14.9 Å². The van der Waals surface area contributed by atoms with Gasteiger partial charge in [-0.25, -0.2) is 9.59 Å². The Kier molecular flexibility index (Phi) is 11.1. The molecule has 3 N–H and O–H groups in total. The van der Waals surface area contributed by atoms with Crippen molar-refractivity contribution in [2.24, 2.45) is 5.92 Å². The zero-order valence-electron chi connectivity index (χ0n) is 29.4. The number of carboxylic acids is 1. The molecule has 2 fully saturated rings. The van der Waals surface area contributed by atoms with Gasteiger partial charge in [0.05, 0.1) is 6.04 Å². The molecule has 0 unspecified atom stereocenters. The fourth-order valence-corrected chi connectivity index (χ4v) is 6.80. The van der Waals surface area contributed by atoms with Crippen LogP contribution in [0.1, 0.15) is 91.3 Å². The standard InChI is InChI=1S/C36H51N7O6/c1-6-41(7-2)23-28-30(24-16-12-11-13-17-24)40-43(39-28)26-20-29-31(44)38-36(33(46)47)21-25(36)18-14-9-8-10-15-19-27(32(45)42(29)22-26)37-34(48)49-35(3,4)5/h11-14,16-18,25-27,29H,6-10,15,19-23H2,1-5H3,(H,37,48)(H,38,44)(H,46,47)/b18-14-/t25-,26+,27-,29+,36+/m1/s1. The summed E-state index contributed by atoms with van der Waals surface area (Å²) in [6.07, 6.45) is 7.08. The molecule has 1 aliphatic carbocycles. The van der Waals surface area contributed by atoms with Crippen molar-refractivity contribution in [1.82, 2.24) is 35.4 Å². The molecule has 1 saturated carbocycles. The van der Waals surface area contributed by atoms with Crippen molar-refractivity contribution >= 4 is 23.9 Å². The first-order chi connectivity index (χ1) is 23.3. The molecule has 1 aromatic heterocycles. The van der Waals surface area contributed by atoms with Gasteiger partial charge in [-0.15, -0.1) is 0 Å². The van der Waals surface area contributed by atoms with Gasteiger partial charge in [0, 0.05) is 31.0 Å². The number of nitrogens with one attached hydrogen (secondary N) is 2. The lowest BCUT2D eigenvalue weighted by molar-refractivity contribution is -0.145. The smallest absolute Gasteiger partial charge is 0.408 e. The molecule has 2 aromatic rings. The molecule has 1 saturated heterocycles. The van der Waals surface area contributed by atoms with Gasteiger partial charge in [-0.05, 0) is 59.5 Å². The number of carbonyl (C=O) groups is 4. The maximum atomic E-state index is 14.4. The average molecular weight is 678 g/mol. The van der Waals surface area contributed by atoms with Crippen LogP contribution in [0.25, 0.3) is 11.3 Å². The summed E-state index contributed by atoms with van der Waals surface area (Å²) in [7, 11) is 0. The summed E-state index contributed by atoms with van der Waals surface area (Å²) in [5.74, 6) is -2.39. The number of aromatic nitrogens is 3. The van der Waals surface area contributed by atoms with Crippen LogP contribution in [0, 0.1) is 5.92 Å². The highest BCUT2D eigenvalue weighted by molar-refractivity contribution is 5.96. The van der Waals surface area contributed by atoms with Crippen LogP contribution in [0.15, 0.2) is 42.5 Å². The average Bonchev–Trinajstić information content (AvgIpc) is 3.36. The molecule has 3 heterocycles. The Balaban J connectivity index is 1.50. The summed E-state index contributed by atoms with van der Waals surface area (Å²) in [5.41, 5.74) is 0.246. The molecule has 0 radical (unpaired) electrons. The number of carbonyl (C=O) groups excluding carboxylic acids is 3. The third-order valence-electron chi connectivity index (χ3n) is 9.67. The number of hydrogen-bond acceptors (Lipinski definition) is 8. The summed E-state index contributed by atoms with van der Waals surface area (Å²) >= 11 is 0. The molecule has 2 aliphatic heterocycles. The van der Waals surface area contributed by atoms with Crippen molar-refractivity contribution in [3.63, 3.8) is 0 Å². The maximum absolute atomic E-state index is 14.4. The molecule has 3 aliphatic rings. The number of ether oxygens (including phenoxy) is 1. The zero-order chi connectivity index (χ0) is 35.3. The van der Waals surface area contributed by atoms with E-state index in [1.165, 1.54) is 4.90 Å². The predicted molar refractivity (Wildman–Crippen MR) is 183 cm³/mol. The molecule has 1 aromatic carbocycles. The second-order valence-electron chi connectivity index (χ2n) is 14.4. The Hall–Kier alpha value is -4.26. The van der Waals surface area contributed by atoms with E-state index in [-0.39, 0.29) is 25.3 Å². The first-order valence-corrected chi connectivity index (χ1v) is 17.6. The lowest BCUT2D eigenvalue weighted by Gasteiger charge is -2.30. The van der Waals surface area contributed by atoms with E-state index < -0.39 is 53.1 Å². The molecular formula is C36H51N7O6. The number of carboxylic acid groups (broad SMARTS) is 1. The van der Waals surface area contributed by atoms with Crippen molar-refractivity contribution in [2.45, 2.75) is 115 Å². The predicted octanol–water partition coefficient (Wildman–Crippen LogP) is 4.30. The lowest BCUT2D eigenvalue weighted by Crippen LogP contribution is -2.56. The van der Waals surface area contributed by atoms with E-state index in [9.17, 15) is 24.3 Å². The minimum atomic E-state index is -1.42. The van der Waals surface area contributed by atoms with Crippen LogP contribution >= 0.6 is 0 Å². The Bertz CT molecular complexity index is 1530. The number of allylic oxidation sites excluding steroid dienone is 1. The number of alkyl carbamates (subject to hydrolysis) is 1. The van der Waals surface area contributed by atoms with E-state index in [0.717, 1.165) is 49.3 Å². The maximum Gasteiger partial charge on any atom is 0.408 e. The van der Waals surface area contributed by atoms with Crippen LogP contribution < -0.4 is 10.6 Å². The Morgan fingerprint density at radius 3 is 2.51 bits per heavy atom. The number of benzene rings is 1. The normalized spacial score (nSPS) is 26.9. The number of nitrogens with zero attached hydrogens (tertiary/aromatic N) is 5. The van der Waals surface area contributed by atoms with Crippen LogP contribution in [0.5, 0.6) is 0 Å². The third kappa shape index (κ3) is 8.49. The van der Waals surface area contributed by atoms with E-state index in [0.29, 0.717) is 19.4 Å². The minimum Gasteiger partial charge on any atom is -0.479 e. The van der Waals surface area contributed by atoms with E-state index in [2.05, 4.69) is 29.4 Å². The highest BCUT2D eigenvalue weighted by Gasteiger charge is 2.61. The van der Waals surface area contributed by atoms with Crippen molar-refractivity contribution in [3.05, 3.63) is 48.2 Å². The summed E-state index contributed by atoms with van der Waals surface area (Å²) in [6, 6.07) is 7.39. The summed E-state index contributed by atoms with van der Waals surface area (Å²) in [4.78, 5) is 59.2. The number of aliphatic carboxylic acids is 1. The number of hydrogen-bond donors (Lipinski definition) is 3. The number of amides is 3. The molecule has 0 spiro atoms. The van der Waals surface area contributed by atoms with E-state index in [1.807, 2.05) is 42.5 Å². The van der Waals surface area contributed by atoms with E-state index >= 15 is 0 Å². The topological polar surface area (TPSA) is 159 Å². The largest absolute Gasteiger partial charge is 0.479 e. The molecule has 13 nitrogen and oxygen atoms in total. The molecule has 0 bridgehead atoms. The van der Waals surface area contributed by atoms with Crippen molar-refractivity contribution in [3.8, 4) is 11.3 Å². The first kappa shape index (κ1) is 36.0. The van der Waals surface area contributed by atoms with Gasteiger partial charge >= 0.3 is 12.1 Å². The minimum absolute atomic E-state index is 0.112. The molecule has 5 atom stereocenters. The lowest BCUT2D eigenvalue weighted by atomic mass is 10.0. The van der Waals surface area contributed by atoms with E-state index in [1.54, 1.807) is 25.6 Å². The van der Waals surface area contributed by atoms with Crippen LogP contribution in [-0.4, -0.2) is 96.6 Å². The van der Waals surface area contributed by atoms with Gasteiger partial charge < -0.3 is 25.4 Å². The first-order valence-electron chi connectivity index (χ1n) is 17.6. The van der Waals surface area contributed by atoms with Crippen LogP contribution in [0.2, 0.25) is 0 Å². The van der Waals surface area contributed by atoms with Gasteiger partial charge in [0.25, 0.3) is 0 Å². The Morgan fingerprint density at radius 1 is 1.10 bits per heavy atom. The fourth-order valence-electron chi connectivity index (χ4n) is 6.80. The number of fused-ring (bicyclic) bond motifs is 2. The number of rotatable bonds is 8. The Labute approximate surface area is 288 Å². The fraction of sp³-hybridized carbons (Fsp3) is 0.611. The highest BCUT2D eigenvalue weighted by atomic mass is 16.6. The summed E-state index contributed by atoms with van der Waals surface area (Å²) in [5, 5.41) is 25.7. The molecule has 49 heavy (non-hydrogen) atoms. The molecule has 266 valence electrons. The van der Waals surface area contributed by atoms with Crippen LogP contribution in [-0.2, 0) is 25.7 Å². The monoisotopic (exact) mass is 677 g/mol. The van der Waals surface area contributed by atoms with Gasteiger partial charge in [-0.1, -0.05) is 69.2 Å². The third-order valence-corrected chi connectivity index (χ3v) is 9.67. The molecular weight excluding hydrogens is 626 g/mol. The Morgan fingerprint density at radius 2 is 1.84 bits per heavy atom. The quantitative estimate of drug-likeness (QED) is 0.347. The summed E-state index contributed by atoms with van der Waals surface area (Å²) in [6.45, 7) is 11.8. The summed E-state index contributed by atoms with van der Waals surface area (Å²) < 4.78 is 5.50. The van der Waals surface area contributed by atoms with Gasteiger partial charge in [0.2, 0.25) is 11.8 Å². The van der Waals surface area contributed by atoms with Gasteiger partial charge in [-0.2, -0.15) is 15.0 Å². The SMILES string of the molecule is CCN(CC)Cc1nn([C@H]2C[C@H]3C(=O)N[C@@]4(C(=O)O)C[C@H]4/C=C\CCCCC[C@@H](NC(=O)OC(C)(C)C)C(=O)N3C2)nc1-c1ccccc1. The second kappa shape index (κ2) is 15.1. The van der Waals surface area contributed by atoms with Gasteiger partial charge in [0.15, 0.2) is 0 Å². The van der Waals surface area contributed by atoms with Crippen molar-refractivity contribution < 1.29 is 29.0 Å². The van der Waals surface area contributed by atoms with Crippen molar-refractivity contribution in [1.29, 1.82) is 0 Å². The van der Waals surface area contributed by atoms with Crippen LogP contribution in [0.4, 0.5) is 4.79 Å². The second-order valence-corrected chi connectivity index (χ2v) is 14.4. The molecule has 3 amide bonds. The molecule has 13 heteroatoms. The molecule has 5 rings (SSSR count).